The van der Waals surface area contributed by atoms with Gasteiger partial charge in [-0.3, -0.25) is 9.69 Å². The molecule has 2 amide bonds. The van der Waals surface area contributed by atoms with Gasteiger partial charge in [-0.05, 0) is 17.7 Å². The molecule has 0 aromatic heterocycles. The van der Waals surface area contributed by atoms with Gasteiger partial charge in [0.2, 0.25) is 5.91 Å². The Morgan fingerprint density at radius 3 is 3.00 bits per heavy atom. The number of hydrogen-bond donors (Lipinski definition) is 2. The number of nitrogens with two attached hydrogens (primary N) is 1. The Morgan fingerprint density at radius 2 is 2.33 bits per heavy atom. The van der Waals surface area contributed by atoms with E-state index in [1.54, 1.807) is 12.1 Å². The molecule has 1 heterocycles. The van der Waals surface area contributed by atoms with Crippen LogP contribution in [0.15, 0.2) is 24.3 Å². The lowest BCUT2D eigenvalue weighted by Crippen LogP contribution is -2.33. The van der Waals surface area contributed by atoms with E-state index in [-0.39, 0.29) is 12.5 Å². The summed E-state index contributed by atoms with van der Waals surface area (Å²) >= 11 is 0. The number of benzene rings is 1. The summed E-state index contributed by atoms with van der Waals surface area (Å²) in [7, 11) is 0. The topological polar surface area (TPSA) is 84.7 Å². The van der Waals surface area contributed by atoms with Crippen molar-refractivity contribution in [2.24, 2.45) is 5.73 Å². The number of carbonyl (C=O) groups is 2. The van der Waals surface area contributed by atoms with Gasteiger partial charge in [-0.25, -0.2) is 4.79 Å². The molecule has 2 rings (SSSR count). The highest BCUT2D eigenvalue weighted by Gasteiger charge is 2.23. The average molecular weight is 249 g/mol. The molecule has 96 valence electrons. The van der Waals surface area contributed by atoms with Gasteiger partial charge in [-0.1, -0.05) is 12.1 Å². The summed E-state index contributed by atoms with van der Waals surface area (Å²) in [5, 5.41) is 2.72. The zero-order valence-electron chi connectivity index (χ0n) is 9.89. The Labute approximate surface area is 105 Å². The van der Waals surface area contributed by atoms with Crippen molar-refractivity contribution in [2.45, 2.75) is 6.54 Å². The standard InChI is InChI=1S/C12H15N3O3/c13-7-9-2-1-3-10(6-9)14-11(16)8-15-4-5-18-12(15)17/h1-3,6H,4-5,7-8,13H2,(H,14,16). The van der Waals surface area contributed by atoms with E-state index in [1.807, 2.05) is 12.1 Å². The summed E-state index contributed by atoms with van der Waals surface area (Å²) < 4.78 is 4.74. The average Bonchev–Trinajstić information content (AvgIpc) is 2.75. The number of rotatable bonds is 4. The lowest BCUT2D eigenvalue weighted by molar-refractivity contribution is -0.116. The normalized spacial score (nSPS) is 14.5. The molecule has 1 fully saturated rings. The summed E-state index contributed by atoms with van der Waals surface area (Å²) in [4.78, 5) is 24.3. The van der Waals surface area contributed by atoms with Crippen molar-refractivity contribution >= 4 is 17.7 Å². The summed E-state index contributed by atoms with van der Waals surface area (Å²) in [5.41, 5.74) is 7.13. The molecular weight excluding hydrogens is 234 g/mol. The fourth-order valence-electron chi connectivity index (χ4n) is 1.72. The number of nitrogens with one attached hydrogen (secondary N) is 1. The summed E-state index contributed by atoms with van der Waals surface area (Å²) in [6.45, 7) is 1.22. The molecule has 0 aliphatic carbocycles. The van der Waals surface area contributed by atoms with Gasteiger partial charge in [0.25, 0.3) is 0 Å². The number of anilines is 1. The van der Waals surface area contributed by atoms with E-state index in [1.165, 1.54) is 4.90 Å². The molecule has 1 aromatic rings. The van der Waals surface area contributed by atoms with Crippen molar-refractivity contribution in [2.75, 3.05) is 25.0 Å². The number of nitrogens with zero attached hydrogens (tertiary/aromatic N) is 1. The van der Waals surface area contributed by atoms with Crippen LogP contribution in [0.1, 0.15) is 5.56 Å². The van der Waals surface area contributed by atoms with Crippen molar-refractivity contribution < 1.29 is 14.3 Å². The van der Waals surface area contributed by atoms with Crippen LogP contribution in [-0.2, 0) is 16.1 Å². The fraction of sp³-hybridized carbons (Fsp3) is 0.333. The third kappa shape index (κ3) is 2.98. The number of amides is 2. The van der Waals surface area contributed by atoms with Crippen molar-refractivity contribution in [1.29, 1.82) is 0 Å². The maximum absolute atomic E-state index is 11.7. The van der Waals surface area contributed by atoms with Gasteiger partial charge in [0, 0.05) is 12.2 Å². The van der Waals surface area contributed by atoms with Crippen LogP contribution in [0, 0.1) is 0 Å². The zero-order valence-corrected chi connectivity index (χ0v) is 9.89. The molecule has 0 spiro atoms. The summed E-state index contributed by atoms with van der Waals surface area (Å²) in [5.74, 6) is -0.247. The molecule has 0 unspecified atom stereocenters. The molecule has 6 nitrogen and oxygen atoms in total. The van der Waals surface area contributed by atoms with Gasteiger partial charge >= 0.3 is 6.09 Å². The Kier molecular flexibility index (Phi) is 3.78. The maximum Gasteiger partial charge on any atom is 0.410 e. The molecule has 1 aliphatic rings. The highest BCUT2D eigenvalue weighted by atomic mass is 16.6. The molecular formula is C12H15N3O3. The molecule has 6 heteroatoms. The molecule has 1 aromatic carbocycles. The third-order valence-corrected chi connectivity index (χ3v) is 2.63. The minimum absolute atomic E-state index is 0.00564. The Bertz CT molecular complexity index is 462. The third-order valence-electron chi connectivity index (χ3n) is 2.63. The van der Waals surface area contributed by atoms with Crippen LogP contribution in [0.25, 0.3) is 0 Å². The first-order chi connectivity index (χ1) is 8.69. The first kappa shape index (κ1) is 12.4. The second-order valence-corrected chi connectivity index (χ2v) is 3.99. The van der Waals surface area contributed by atoms with E-state index >= 15 is 0 Å². The monoisotopic (exact) mass is 249 g/mol. The highest BCUT2D eigenvalue weighted by molar-refractivity contribution is 5.94. The highest BCUT2D eigenvalue weighted by Crippen LogP contribution is 2.10. The molecule has 0 radical (unpaired) electrons. The van der Waals surface area contributed by atoms with Crippen LogP contribution in [0.3, 0.4) is 0 Å². The SMILES string of the molecule is NCc1cccc(NC(=O)CN2CCOC2=O)c1. The second kappa shape index (κ2) is 5.50. The molecule has 1 aliphatic heterocycles. The molecule has 0 bridgehead atoms. The molecule has 3 N–H and O–H groups in total. The molecule has 0 atom stereocenters. The van der Waals surface area contributed by atoms with Crippen molar-refractivity contribution in [3.8, 4) is 0 Å². The van der Waals surface area contributed by atoms with Crippen LogP contribution in [-0.4, -0.2) is 36.6 Å². The number of cyclic esters (lactones) is 1. The Balaban J connectivity index is 1.92. The minimum Gasteiger partial charge on any atom is -0.448 e. The molecule has 18 heavy (non-hydrogen) atoms. The first-order valence-electron chi connectivity index (χ1n) is 5.69. The van der Waals surface area contributed by atoms with Gasteiger partial charge in [0.1, 0.15) is 13.2 Å². The summed E-state index contributed by atoms with van der Waals surface area (Å²) in [6.07, 6.45) is -0.444. The zero-order chi connectivity index (χ0) is 13.0. The lowest BCUT2D eigenvalue weighted by Gasteiger charge is -2.12. The van der Waals surface area contributed by atoms with Crippen LogP contribution in [0.5, 0.6) is 0 Å². The number of carbonyl (C=O) groups excluding carboxylic acids is 2. The van der Waals surface area contributed by atoms with Crippen molar-refractivity contribution in [3.63, 3.8) is 0 Å². The minimum atomic E-state index is -0.444. The van der Waals surface area contributed by atoms with E-state index < -0.39 is 6.09 Å². The molecule has 0 saturated carbocycles. The quantitative estimate of drug-likeness (QED) is 0.815. The van der Waals surface area contributed by atoms with Gasteiger partial charge < -0.3 is 15.8 Å². The maximum atomic E-state index is 11.7. The lowest BCUT2D eigenvalue weighted by atomic mass is 10.2. The van der Waals surface area contributed by atoms with E-state index in [2.05, 4.69) is 5.32 Å². The van der Waals surface area contributed by atoms with E-state index in [9.17, 15) is 9.59 Å². The van der Waals surface area contributed by atoms with Gasteiger partial charge in [-0.15, -0.1) is 0 Å². The van der Waals surface area contributed by atoms with Crippen LogP contribution >= 0.6 is 0 Å². The van der Waals surface area contributed by atoms with Gasteiger partial charge in [-0.2, -0.15) is 0 Å². The molecule has 1 saturated heterocycles. The predicted octanol–water partition coefficient (Wildman–Crippen LogP) is 0.536. The van der Waals surface area contributed by atoms with E-state index in [0.717, 1.165) is 5.56 Å². The smallest absolute Gasteiger partial charge is 0.410 e. The van der Waals surface area contributed by atoms with Gasteiger partial charge in [0.15, 0.2) is 0 Å². The fourth-order valence-corrected chi connectivity index (χ4v) is 1.72. The number of ether oxygens (including phenoxy) is 1. The van der Waals surface area contributed by atoms with E-state index in [0.29, 0.717) is 25.4 Å². The van der Waals surface area contributed by atoms with Crippen molar-refractivity contribution in [1.82, 2.24) is 4.90 Å². The second-order valence-electron chi connectivity index (χ2n) is 3.99. The first-order valence-corrected chi connectivity index (χ1v) is 5.69. The van der Waals surface area contributed by atoms with Gasteiger partial charge in [0.05, 0.1) is 6.54 Å². The van der Waals surface area contributed by atoms with E-state index in [4.69, 9.17) is 10.5 Å². The predicted molar refractivity (Wildman–Crippen MR) is 65.9 cm³/mol. The largest absolute Gasteiger partial charge is 0.448 e. The van der Waals surface area contributed by atoms with Crippen LogP contribution in [0.4, 0.5) is 10.5 Å². The number of hydrogen-bond acceptors (Lipinski definition) is 4. The van der Waals surface area contributed by atoms with Crippen LogP contribution < -0.4 is 11.1 Å². The Hall–Kier alpha value is -2.08. The van der Waals surface area contributed by atoms with Crippen LogP contribution in [0.2, 0.25) is 0 Å². The Morgan fingerprint density at radius 1 is 1.50 bits per heavy atom. The van der Waals surface area contributed by atoms with Crippen molar-refractivity contribution in [3.05, 3.63) is 29.8 Å². The summed E-state index contributed by atoms with van der Waals surface area (Å²) in [6, 6.07) is 7.29.